The zero-order chi connectivity index (χ0) is 12.8. The molecule has 0 aliphatic rings. The Morgan fingerprint density at radius 1 is 0.944 bits per heavy atom. The zero-order valence-corrected chi connectivity index (χ0v) is 9.74. The van der Waals surface area contributed by atoms with Gasteiger partial charge in [0.2, 0.25) is 0 Å². The quantitative estimate of drug-likeness (QED) is 0.662. The minimum Gasteiger partial charge on any atom is -0.370 e. The first-order chi connectivity index (χ1) is 8.79. The summed E-state index contributed by atoms with van der Waals surface area (Å²) in [6, 6.07) is 18.0. The van der Waals surface area contributed by atoms with Crippen LogP contribution in [-0.4, -0.2) is 5.97 Å². The molecule has 0 saturated carbocycles. The molecule has 18 heavy (non-hydrogen) atoms. The first-order valence-corrected chi connectivity index (χ1v) is 5.54. The van der Waals surface area contributed by atoms with Gasteiger partial charge in [-0.1, -0.05) is 54.6 Å². The Kier molecular flexibility index (Phi) is 3.89. The summed E-state index contributed by atoms with van der Waals surface area (Å²) in [4.78, 5) is 14.9. The average molecular weight is 239 g/mol. The molecule has 0 heterocycles. The van der Waals surface area contributed by atoms with Crippen molar-refractivity contribution in [2.75, 3.05) is 0 Å². The molecule has 2 aromatic carbocycles. The van der Waals surface area contributed by atoms with E-state index in [0.717, 1.165) is 16.7 Å². The fourth-order valence-electron chi connectivity index (χ4n) is 1.62. The van der Waals surface area contributed by atoms with E-state index < -0.39 is 5.97 Å². The standard InChI is InChI=1S/C15H13NO2/c16-18-15(17)11-8-12-6-9-14(10-7-12)13-4-2-1-3-5-13/h1-11H,16H2/b11-8+. The van der Waals surface area contributed by atoms with Gasteiger partial charge >= 0.3 is 5.97 Å². The maximum absolute atomic E-state index is 10.8. The second kappa shape index (κ2) is 5.80. The molecule has 2 N–H and O–H groups in total. The van der Waals surface area contributed by atoms with E-state index in [1.54, 1.807) is 6.08 Å². The molecule has 2 aromatic rings. The van der Waals surface area contributed by atoms with Crippen molar-refractivity contribution in [2.24, 2.45) is 5.90 Å². The third kappa shape index (κ3) is 3.06. The number of hydrogen-bond acceptors (Lipinski definition) is 3. The van der Waals surface area contributed by atoms with Crippen molar-refractivity contribution < 1.29 is 9.63 Å². The lowest BCUT2D eigenvalue weighted by Crippen LogP contribution is -2.05. The van der Waals surface area contributed by atoms with Crippen LogP contribution in [0.2, 0.25) is 0 Å². The molecule has 0 unspecified atom stereocenters. The number of nitrogens with two attached hydrogens (primary N) is 1. The van der Waals surface area contributed by atoms with Crippen molar-refractivity contribution in [3.8, 4) is 11.1 Å². The molecule has 0 radical (unpaired) electrons. The highest BCUT2D eigenvalue weighted by molar-refractivity contribution is 5.86. The third-order valence-corrected chi connectivity index (χ3v) is 2.55. The maximum atomic E-state index is 10.8. The first kappa shape index (κ1) is 12.1. The van der Waals surface area contributed by atoms with Gasteiger partial charge in [-0.05, 0) is 22.8 Å². The van der Waals surface area contributed by atoms with E-state index in [9.17, 15) is 4.79 Å². The van der Waals surface area contributed by atoms with Crippen LogP contribution in [0.15, 0.2) is 60.7 Å². The number of carbonyl (C=O) groups is 1. The summed E-state index contributed by atoms with van der Waals surface area (Å²) in [5.74, 6) is 4.17. The fourth-order valence-corrected chi connectivity index (χ4v) is 1.62. The van der Waals surface area contributed by atoms with Crippen LogP contribution in [0.3, 0.4) is 0 Å². The van der Waals surface area contributed by atoms with Gasteiger partial charge in [0.15, 0.2) is 0 Å². The molecule has 0 atom stereocenters. The Morgan fingerprint density at radius 3 is 2.17 bits per heavy atom. The van der Waals surface area contributed by atoms with Crippen LogP contribution in [0, 0.1) is 0 Å². The van der Waals surface area contributed by atoms with Crippen molar-refractivity contribution in [1.29, 1.82) is 0 Å². The fraction of sp³-hybridized carbons (Fsp3) is 0. The molecule has 90 valence electrons. The highest BCUT2D eigenvalue weighted by Crippen LogP contribution is 2.19. The minimum atomic E-state index is -0.567. The molecule has 2 rings (SSSR count). The Bertz CT molecular complexity index is 544. The van der Waals surface area contributed by atoms with E-state index in [4.69, 9.17) is 5.90 Å². The molecule has 3 heteroatoms. The van der Waals surface area contributed by atoms with Crippen LogP contribution >= 0.6 is 0 Å². The Morgan fingerprint density at radius 2 is 1.56 bits per heavy atom. The Labute approximate surface area is 105 Å². The highest BCUT2D eigenvalue weighted by Gasteiger charge is 1.96. The van der Waals surface area contributed by atoms with Crippen molar-refractivity contribution >= 4 is 12.0 Å². The molecular formula is C15H13NO2. The molecule has 0 spiro atoms. The molecule has 0 amide bonds. The summed E-state index contributed by atoms with van der Waals surface area (Å²) in [6.45, 7) is 0. The predicted octanol–water partition coefficient (Wildman–Crippen LogP) is 2.78. The minimum absolute atomic E-state index is 0.567. The molecule has 3 nitrogen and oxygen atoms in total. The van der Waals surface area contributed by atoms with Gasteiger partial charge in [0, 0.05) is 6.08 Å². The SMILES string of the molecule is NOC(=O)/C=C/c1ccc(-c2ccccc2)cc1. The van der Waals surface area contributed by atoms with Crippen LogP contribution in [-0.2, 0) is 9.63 Å². The van der Waals surface area contributed by atoms with E-state index in [1.807, 2.05) is 42.5 Å². The van der Waals surface area contributed by atoms with E-state index in [1.165, 1.54) is 6.08 Å². The average Bonchev–Trinajstić information content (AvgIpc) is 2.46. The lowest BCUT2D eigenvalue weighted by Gasteiger charge is -2.01. The van der Waals surface area contributed by atoms with Crippen LogP contribution in [0.1, 0.15) is 5.56 Å². The van der Waals surface area contributed by atoms with Gasteiger partial charge in [0.05, 0.1) is 0 Å². The van der Waals surface area contributed by atoms with Gasteiger partial charge in [-0.15, -0.1) is 0 Å². The summed E-state index contributed by atoms with van der Waals surface area (Å²) in [5.41, 5.74) is 3.21. The summed E-state index contributed by atoms with van der Waals surface area (Å²) in [5, 5.41) is 0. The second-order valence-corrected chi connectivity index (χ2v) is 3.76. The molecule has 0 aliphatic heterocycles. The van der Waals surface area contributed by atoms with Crippen molar-refractivity contribution in [3.63, 3.8) is 0 Å². The largest absolute Gasteiger partial charge is 0.370 e. The lowest BCUT2D eigenvalue weighted by atomic mass is 10.0. The second-order valence-electron chi connectivity index (χ2n) is 3.76. The van der Waals surface area contributed by atoms with Crippen LogP contribution < -0.4 is 5.90 Å². The number of benzene rings is 2. The molecule has 0 bridgehead atoms. The lowest BCUT2D eigenvalue weighted by molar-refractivity contribution is -0.138. The number of hydrogen-bond donors (Lipinski definition) is 1. The van der Waals surface area contributed by atoms with Gasteiger partial charge in [0.25, 0.3) is 0 Å². The molecule has 0 fully saturated rings. The van der Waals surface area contributed by atoms with Crippen LogP contribution in [0.4, 0.5) is 0 Å². The van der Waals surface area contributed by atoms with E-state index in [-0.39, 0.29) is 0 Å². The topological polar surface area (TPSA) is 52.3 Å². The van der Waals surface area contributed by atoms with E-state index >= 15 is 0 Å². The number of carbonyl (C=O) groups excluding carboxylic acids is 1. The van der Waals surface area contributed by atoms with E-state index in [0.29, 0.717) is 0 Å². The summed E-state index contributed by atoms with van der Waals surface area (Å²) >= 11 is 0. The van der Waals surface area contributed by atoms with Gasteiger partial charge in [-0.25, -0.2) is 4.79 Å². The van der Waals surface area contributed by atoms with Crippen molar-refractivity contribution in [3.05, 3.63) is 66.2 Å². The highest BCUT2D eigenvalue weighted by atomic mass is 16.7. The zero-order valence-electron chi connectivity index (χ0n) is 9.74. The monoisotopic (exact) mass is 239 g/mol. The normalized spacial score (nSPS) is 10.5. The Balaban J connectivity index is 2.16. The third-order valence-electron chi connectivity index (χ3n) is 2.55. The summed E-state index contributed by atoms with van der Waals surface area (Å²) in [6.07, 6.45) is 2.95. The van der Waals surface area contributed by atoms with E-state index in [2.05, 4.69) is 17.0 Å². The first-order valence-electron chi connectivity index (χ1n) is 5.54. The summed E-state index contributed by atoms with van der Waals surface area (Å²) in [7, 11) is 0. The molecule has 0 saturated heterocycles. The number of rotatable bonds is 3. The molecular weight excluding hydrogens is 226 g/mol. The van der Waals surface area contributed by atoms with Gasteiger partial charge in [0.1, 0.15) is 0 Å². The molecule has 0 aliphatic carbocycles. The predicted molar refractivity (Wildman–Crippen MR) is 71.2 cm³/mol. The van der Waals surface area contributed by atoms with Crippen molar-refractivity contribution in [2.45, 2.75) is 0 Å². The Hall–Kier alpha value is -2.39. The molecule has 0 aromatic heterocycles. The van der Waals surface area contributed by atoms with Crippen LogP contribution in [0.5, 0.6) is 0 Å². The smallest absolute Gasteiger partial charge is 0.349 e. The summed E-state index contributed by atoms with van der Waals surface area (Å²) < 4.78 is 0. The van der Waals surface area contributed by atoms with Gasteiger partial charge in [-0.3, -0.25) is 0 Å². The van der Waals surface area contributed by atoms with Crippen molar-refractivity contribution in [1.82, 2.24) is 0 Å². The van der Waals surface area contributed by atoms with Crippen LogP contribution in [0.25, 0.3) is 17.2 Å². The van der Waals surface area contributed by atoms with Gasteiger partial charge < -0.3 is 4.84 Å². The maximum Gasteiger partial charge on any atom is 0.349 e. The van der Waals surface area contributed by atoms with Gasteiger partial charge in [-0.2, -0.15) is 5.90 Å².